The third-order valence-corrected chi connectivity index (χ3v) is 1.97. The predicted octanol–water partition coefficient (Wildman–Crippen LogP) is 2.59. The van der Waals surface area contributed by atoms with E-state index in [0.29, 0.717) is 24.5 Å². The van der Waals surface area contributed by atoms with E-state index in [9.17, 15) is 4.39 Å². The van der Waals surface area contributed by atoms with Crippen LogP contribution in [0.5, 0.6) is 5.75 Å². The third kappa shape index (κ3) is 4.88. The Balaban J connectivity index is 2.76. The summed E-state index contributed by atoms with van der Waals surface area (Å²) in [5, 5.41) is 8.60. The summed E-state index contributed by atoms with van der Waals surface area (Å²) in [5.74, 6) is 5.83. The molecule has 17 heavy (non-hydrogen) atoms. The Bertz CT molecular complexity index is 416. The first-order chi connectivity index (χ1) is 8.13. The van der Waals surface area contributed by atoms with E-state index in [4.69, 9.17) is 9.84 Å². The summed E-state index contributed by atoms with van der Waals surface area (Å²) in [6.07, 6.45) is 0.416. The highest BCUT2D eigenvalue weighted by molar-refractivity contribution is 5.40. The molecule has 0 aromatic heterocycles. The fourth-order valence-corrected chi connectivity index (χ4v) is 1.17. The number of halogens is 1. The van der Waals surface area contributed by atoms with Gasteiger partial charge in [-0.3, -0.25) is 0 Å². The smallest absolute Gasteiger partial charge is 0.165 e. The number of rotatable bonds is 4. The number of hydrogen-bond donors (Lipinski definition) is 1. The van der Waals surface area contributed by atoms with Crippen LogP contribution in [0.15, 0.2) is 18.2 Å². The zero-order chi connectivity index (χ0) is 12.7. The zero-order valence-corrected chi connectivity index (χ0v) is 10.2. The standard InChI is InChI=1S/C14H17FO2/c1-11(2)10-17-14-9-12(5-3-4-8-16)6-7-13(14)15/h6-7,9,11,16H,4,8,10H2,1-2H3. The van der Waals surface area contributed by atoms with Crippen LogP contribution in [0.1, 0.15) is 25.8 Å². The minimum atomic E-state index is -0.377. The highest BCUT2D eigenvalue weighted by Gasteiger charge is 2.04. The predicted molar refractivity (Wildman–Crippen MR) is 65.3 cm³/mol. The van der Waals surface area contributed by atoms with Crippen molar-refractivity contribution in [2.45, 2.75) is 20.3 Å². The maximum Gasteiger partial charge on any atom is 0.165 e. The van der Waals surface area contributed by atoms with E-state index >= 15 is 0 Å². The van der Waals surface area contributed by atoms with Gasteiger partial charge in [-0.2, -0.15) is 0 Å². The van der Waals surface area contributed by atoms with Gasteiger partial charge in [-0.25, -0.2) is 4.39 Å². The Labute approximate surface area is 101 Å². The van der Waals surface area contributed by atoms with Crippen molar-refractivity contribution >= 4 is 0 Å². The van der Waals surface area contributed by atoms with E-state index in [-0.39, 0.29) is 18.2 Å². The van der Waals surface area contributed by atoms with Crippen molar-refractivity contribution in [1.29, 1.82) is 0 Å². The van der Waals surface area contributed by atoms with Gasteiger partial charge in [0.1, 0.15) is 0 Å². The molecule has 2 nitrogen and oxygen atoms in total. The average molecular weight is 236 g/mol. The average Bonchev–Trinajstić information content (AvgIpc) is 2.29. The van der Waals surface area contributed by atoms with Crippen LogP contribution in [-0.2, 0) is 0 Å². The second kappa shape index (κ2) is 6.93. The van der Waals surface area contributed by atoms with Crippen molar-refractivity contribution in [3.63, 3.8) is 0 Å². The summed E-state index contributed by atoms with van der Waals surface area (Å²) >= 11 is 0. The van der Waals surface area contributed by atoms with Gasteiger partial charge in [0.15, 0.2) is 11.6 Å². The molecule has 1 aromatic rings. The van der Waals surface area contributed by atoms with Gasteiger partial charge >= 0.3 is 0 Å². The van der Waals surface area contributed by atoms with Crippen molar-refractivity contribution < 1.29 is 14.2 Å². The minimum absolute atomic E-state index is 0.0326. The summed E-state index contributed by atoms with van der Waals surface area (Å²) in [7, 11) is 0. The van der Waals surface area contributed by atoms with Gasteiger partial charge in [0.25, 0.3) is 0 Å². The molecule has 92 valence electrons. The molecule has 1 rings (SSSR count). The third-order valence-electron chi connectivity index (χ3n) is 1.97. The van der Waals surface area contributed by atoms with E-state index in [1.165, 1.54) is 6.07 Å². The van der Waals surface area contributed by atoms with Crippen molar-refractivity contribution in [2.75, 3.05) is 13.2 Å². The molecule has 1 aromatic carbocycles. The Kier molecular flexibility index (Phi) is 5.51. The summed E-state index contributed by atoms with van der Waals surface area (Å²) in [6.45, 7) is 4.51. The summed E-state index contributed by atoms with van der Waals surface area (Å²) in [5.41, 5.74) is 0.693. The normalized spacial score (nSPS) is 9.94. The highest BCUT2D eigenvalue weighted by Crippen LogP contribution is 2.19. The van der Waals surface area contributed by atoms with Crippen LogP contribution < -0.4 is 4.74 Å². The molecule has 0 amide bonds. The number of ether oxygens (including phenoxy) is 1. The quantitative estimate of drug-likeness (QED) is 0.814. The summed E-state index contributed by atoms with van der Waals surface area (Å²) in [6, 6.07) is 4.53. The van der Waals surface area contributed by atoms with E-state index in [1.807, 2.05) is 13.8 Å². The lowest BCUT2D eigenvalue weighted by Crippen LogP contribution is -2.05. The van der Waals surface area contributed by atoms with E-state index in [1.54, 1.807) is 12.1 Å². The summed E-state index contributed by atoms with van der Waals surface area (Å²) < 4.78 is 18.7. The Hall–Kier alpha value is -1.53. The molecule has 3 heteroatoms. The van der Waals surface area contributed by atoms with Crippen LogP contribution in [-0.4, -0.2) is 18.3 Å². The van der Waals surface area contributed by atoms with Crippen LogP contribution in [0.4, 0.5) is 4.39 Å². The fourth-order valence-electron chi connectivity index (χ4n) is 1.17. The second-order valence-electron chi connectivity index (χ2n) is 4.13. The molecule has 0 bridgehead atoms. The van der Waals surface area contributed by atoms with Crippen LogP contribution in [0.2, 0.25) is 0 Å². The zero-order valence-electron chi connectivity index (χ0n) is 10.2. The molecule has 0 saturated carbocycles. The molecule has 0 saturated heterocycles. The van der Waals surface area contributed by atoms with Gasteiger partial charge in [-0.1, -0.05) is 25.7 Å². The first-order valence-corrected chi connectivity index (χ1v) is 5.65. The number of aliphatic hydroxyl groups is 1. The highest BCUT2D eigenvalue weighted by atomic mass is 19.1. The van der Waals surface area contributed by atoms with Crippen LogP contribution in [0.3, 0.4) is 0 Å². The van der Waals surface area contributed by atoms with Crippen molar-refractivity contribution in [1.82, 2.24) is 0 Å². The Morgan fingerprint density at radius 3 is 2.82 bits per heavy atom. The van der Waals surface area contributed by atoms with E-state index in [0.717, 1.165) is 0 Å². The molecule has 0 aliphatic rings. The first kappa shape index (κ1) is 13.5. The molecule has 0 aliphatic carbocycles. The maximum absolute atomic E-state index is 13.4. The second-order valence-corrected chi connectivity index (χ2v) is 4.13. The van der Waals surface area contributed by atoms with Gasteiger partial charge < -0.3 is 9.84 Å². The van der Waals surface area contributed by atoms with Crippen molar-refractivity contribution in [3.8, 4) is 17.6 Å². The maximum atomic E-state index is 13.4. The molecule has 0 fully saturated rings. The van der Waals surface area contributed by atoms with Crippen molar-refractivity contribution in [3.05, 3.63) is 29.6 Å². The van der Waals surface area contributed by atoms with Gasteiger partial charge in [-0.05, 0) is 24.1 Å². The molecule has 0 heterocycles. The molecular formula is C14H17FO2. The lowest BCUT2D eigenvalue weighted by atomic mass is 10.2. The van der Waals surface area contributed by atoms with E-state index in [2.05, 4.69) is 11.8 Å². The minimum Gasteiger partial charge on any atom is -0.490 e. The van der Waals surface area contributed by atoms with E-state index < -0.39 is 0 Å². The molecule has 0 aliphatic heterocycles. The first-order valence-electron chi connectivity index (χ1n) is 5.65. The number of benzene rings is 1. The Morgan fingerprint density at radius 1 is 1.41 bits per heavy atom. The fraction of sp³-hybridized carbons (Fsp3) is 0.429. The monoisotopic (exact) mass is 236 g/mol. The lowest BCUT2D eigenvalue weighted by Gasteiger charge is -2.09. The molecule has 0 spiro atoms. The van der Waals surface area contributed by atoms with Gasteiger partial charge in [0.2, 0.25) is 0 Å². The molecular weight excluding hydrogens is 219 g/mol. The molecule has 0 atom stereocenters. The largest absolute Gasteiger partial charge is 0.490 e. The SMILES string of the molecule is CC(C)COc1cc(C#CCCO)ccc1F. The van der Waals surface area contributed by atoms with Crippen molar-refractivity contribution in [2.24, 2.45) is 5.92 Å². The molecule has 1 N–H and O–H groups in total. The number of aliphatic hydroxyl groups excluding tert-OH is 1. The van der Waals surface area contributed by atoms with Crippen LogP contribution in [0.25, 0.3) is 0 Å². The number of hydrogen-bond acceptors (Lipinski definition) is 2. The molecule has 0 radical (unpaired) electrons. The molecule has 0 unspecified atom stereocenters. The topological polar surface area (TPSA) is 29.5 Å². The Morgan fingerprint density at radius 2 is 2.18 bits per heavy atom. The van der Waals surface area contributed by atoms with Gasteiger partial charge in [0, 0.05) is 12.0 Å². The van der Waals surface area contributed by atoms with Gasteiger partial charge in [0.05, 0.1) is 13.2 Å². The van der Waals surface area contributed by atoms with Gasteiger partial charge in [-0.15, -0.1) is 0 Å². The van der Waals surface area contributed by atoms with Crippen LogP contribution in [0, 0.1) is 23.6 Å². The lowest BCUT2D eigenvalue weighted by molar-refractivity contribution is 0.259. The van der Waals surface area contributed by atoms with Crippen LogP contribution >= 0.6 is 0 Å². The summed E-state index contributed by atoms with van der Waals surface area (Å²) in [4.78, 5) is 0.